The first-order chi connectivity index (χ1) is 10.0. The molecule has 4 nitrogen and oxygen atoms in total. The molecule has 0 unspecified atom stereocenters. The van der Waals surface area contributed by atoms with Crippen molar-refractivity contribution in [2.75, 3.05) is 13.1 Å². The summed E-state index contributed by atoms with van der Waals surface area (Å²) in [5, 5.41) is 3.54. The summed E-state index contributed by atoms with van der Waals surface area (Å²) in [4.78, 5) is 25.4. The molecule has 4 heteroatoms. The van der Waals surface area contributed by atoms with Gasteiger partial charge in [0.15, 0.2) is 0 Å². The van der Waals surface area contributed by atoms with Crippen molar-refractivity contribution in [3.05, 3.63) is 0 Å². The molecule has 1 heterocycles. The van der Waals surface area contributed by atoms with Crippen LogP contribution in [0.3, 0.4) is 0 Å². The number of nitrogens with zero attached hydrogens (tertiary/aromatic N) is 2. The van der Waals surface area contributed by atoms with Gasteiger partial charge in [0, 0.05) is 19.5 Å². The minimum absolute atomic E-state index is 0.0290. The summed E-state index contributed by atoms with van der Waals surface area (Å²) in [6.07, 6.45) is 7.53. The zero-order chi connectivity index (χ0) is 15.5. The maximum absolute atomic E-state index is 12.9. The molecule has 2 atom stereocenters. The Balaban J connectivity index is 2.12. The highest BCUT2D eigenvalue weighted by Gasteiger charge is 2.55. The minimum Gasteiger partial charge on any atom is -0.273 e. The summed E-state index contributed by atoms with van der Waals surface area (Å²) >= 11 is 0. The van der Waals surface area contributed by atoms with Gasteiger partial charge in [-0.15, -0.1) is 0 Å². The SMILES string of the molecule is CCCCN(CCCC)N1C(=O)C[C@@]2(CC[C@H](C)C2)C1=O. The second-order valence-electron chi connectivity index (χ2n) is 6.98. The van der Waals surface area contributed by atoms with E-state index in [2.05, 4.69) is 20.8 Å². The number of imide groups is 1. The molecule has 2 fully saturated rings. The number of carbonyl (C=O) groups excluding carboxylic acids is 2. The summed E-state index contributed by atoms with van der Waals surface area (Å²) in [6.45, 7) is 8.12. The average molecular weight is 294 g/mol. The van der Waals surface area contributed by atoms with Gasteiger partial charge in [-0.2, -0.15) is 0 Å². The molecule has 0 N–H and O–H groups in total. The number of hydrazine groups is 1. The van der Waals surface area contributed by atoms with E-state index in [4.69, 9.17) is 0 Å². The van der Waals surface area contributed by atoms with E-state index < -0.39 is 0 Å². The normalized spacial score (nSPS) is 29.3. The van der Waals surface area contributed by atoms with Crippen molar-refractivity contribution in [3.63, 3.8) is 0 Å². The summed E-state index contributed by atoms with van der Waals surface area (Å²) in [7, 11) is 0. The fourth-order valence-electron chi connectivity index (χ4n) is 3.81. The number of unbranched alkanes of at least 4 members (excludes halogenated alkanes) is 2. The third kappa shape index (κ3) is 3.31. The van der Waals surface area contributed by atoms with Gasteiger partial charge < -0.3 is 0 Å². The molecule has 0 radical (unpaired) electrons. The van der Waals surface area contributed by atoms with Crippen LogP contribution < -0.4 is 0 Å². The molecule has 2 amide bonds. The molecule has 21 heavy (non-hydrogen) atoms. The van der Waals surface area contributed by atoms with E-state index in [1.165, 1.54) is 5.01 Å². The van der Waals surface area contributed by atoms with Crippen LogP contribution in [0.1, 0.15) is 72.1 Å². The Morgan fingerprint density at radius 2 is 1.81 bits per heavy atom. The van der Waals surface area contributed by atoms with E-state index in [0.29, 0.717) is 12.3 Å². The molecule has 2 rings (SSSR count). The van der Waals surface area contributed by atoms with Crippen LogP contribution in [0, 0.1) is 11.3 Å². The Hall–Kier alpha value is -0.900. The lowest BCUT2D eigenvalue weighted by molar-refractivity contribution is -0.160. The van der Waals surface area contributed by atoms with Crippen LogP contribution in [0.4, 0.5) is 0 Å². The lowest BCUT2D eigenvalue weighted by Gasteiger charge is -2.31. The maximum Gasteiger partial charge on any atom is 0.250 e. The van der Waals surface area contributed by atoms with Crippen LogP contribution in [0.2, 0.25) is 0 Å². The Kier molecular flexibility index (Phi) is 5.42. The standard InChI is InChI=1S/C17H30N2O2/c1-4-6-10-18(11-7-5-2)19-15(20)13-17(16(19)21)9-8-14(3)12-17/h14H,4-13H2,1-3H3/t14-,17-/m0/s1. The maximum atomic E-state index is 12.9. The summed E-state index contributed by atoms with van der Waals surface area (Å²) in [5.74, 6) is 0.687. The fraction of sp³-hybridized carbons (Fsp3) is 0.882. The van der Waals surface area contributed by atoms with Gasteiger partial charge in [-0.3, -0.25) is 9.59 Å². The second-order valence-corrected chi connectivity index (χ2v) is 6.98. The van der Waals surface area contributed by atoms with Crippen LogP contribution >= 0.6 is 0 Å². The number of hydrogen-bond donors (Lipinski definition) is 0. The van der Waals surface area contributed by atoms with Gasteiger partial charge in [0.1, 0.15) is 0 Å². The van der Waals surface area contributed by atoms with Gasteiger partial charge in [-0.25, -0.2) is 10.0 Å². The number of rotatable bonds is 7. The van der Waals surface area contributed by atoms with Gasteiger partial charge in [0.05, 0.1) is 5.41 Å². The highest BCUT2D eigenvalue weighted by Crippen LogP contribution is 2.49. The predicted molar refractivity (Wildman–Crippen MR) is 83.3 cm³/mol. The Morgan fingerprint density at radius 1 is 1.19 bits per heavy atom. The molecule has 1 spiro atoms. The largest absolute Gasteiger partial charge is 0.273 e. The lowest BCUT2D eigenvalue weighted by Crippen LogP contribution is -2.48. The van der Waals surface area contributed by atoms with Crippen molar-refractivity contribution in [2.45, 2.75) is 72.1 Å². The van der Waals surface area contributed by atoms with Gasteiger partial charge in [-0.05, 0) is 38.0 Å². The molecule has 120 valence electrons. The average Bonchev–Trinajstić information content (AvgIpc) is 2.93. The van der Waals surface area contributed by atoms with Crippen molar-refractivity contribution < 1.29 is 9.59 Å². The first kappa shape index (κ1) is 16.5. The molecule has 0 aromatic rings. The fourth-order valence-corrected chi connectivity index (χ4v) is 3.81. The third-order valence-corrected chi connectivity index (χ3v) is 5.05. The predicted octanol–water partition coefficient (Wildman–Crippen LogP) is 3.37. The number of carbonyl (C=O) groups is 2. The highest BCUT2D eigenvalue weighted by atomic mass is 16.2. The van der Waals surface area contributed by atoms with Gasteiger partial charge >= 0.3 is 0 Å². The highest BCUT2D eigenvalue weighted by molar-refractivity contribution is 6.05. The van der Waals surface area contributed by atoms with E-state index in [1.54, 1.807) is 0 Å². The van der Waals surface area contributed by atoms with Crippen molar-refractivity contribution in [1.29, 1.82) is 0 Å². The van der Waals surface area contributed by atoms with Crippen molar-refractivity contribution in [2.24, 2.45) is 11.3 Å². The van der Waals surface area contributed by atoms with E-state index in [9.17, 15) is 9.59 Å². The minimum atomic E-state index is -0.368. The van der Waals surface area contributed by atoms with Crippen LogP contribution in [0.15, 0.2) is 0 Å². The van der Waals surface area contributed by atoms with Crippen LogP contribution in [-0.2, 0) is 9.59 Å². The Labute approximate surface area is 128 Å². The zero-order valence-electron chi connectivity index (χ0n) is 13.9. The summed E-state index contributed by atoms with van der Waals surface area (Å²) in [6, 6.07) is 0. The summed E-state index contributed by atoms with van der Waals surface area (Å²) in [5.41, 5.74) is -0.368. The quantitative estimate of drug-likeness (QED) is 0.676. The molecule has 0 aromatic heterocycles. The topological polar surface area (TPSA) is 40.6 Å². The first-order valence-corrected chi connectivity index (χ1v) is 8.66. The summed E-state index contributed by atoms with van der Waals surface area (Å²) < 4.78 is 0. The van der Waals surface area contributed by atoms with Crippen molar-refractivity contribution in [1.82, 2.24) is 10.0 Å². The molecule has 1 aliphatic heterocycles. The lowest BCUT2D eigenvalue weighted by atomic mass is 9.84. The van der Waals surface area contributed by atoms with Crippen molar-refractivity contribution >= 4 is 11.8 Å². The Bertz CT molecular complexity index is 388. The van der Waals surface area contributed by atoms with E-state index >= 15 is 0 Å². The van der Waals surface area contributed by atoms with Gasteiger partial charge in [-0.1, -0.05) is 33.6 Å². The molecule has 2 aliphatic rings. The number of hydrogen-bond acceptors (Lipinski definition) is 3. The van der Waals surface area contributed by atoms with Crippen LogP contribution in [0.5, 0.6) is 0 Å². The number of amides is 2. The smallest absolute Gasteiger partial charge is 0.250 e. The van der Waals surface area contributed by atoms with Gasteiger partial charge in [0.2, 0.25) is 5.91 Å². The molecule has 1 saturated carbocycles. The van der Waals surface area contributed by atoms with Gasteiger partial charge in [0.25, 0.3) is 5.91 Å². The molecule has 1 aliphatic carbocycles. The molecule has 0 bridgehead atoms. The zero-order valence-corrected chi connectivity index (χ0v) is 13.9. The van der Waals surface area contributed by atoms with Crippen LogP contribution in [-0.4, -0.2) is 34.9 Å². The monoisotopic (exact) mass is 294 g/mol. The second kappa shape index (κ2) is 6.91. The molecule has 1 saturated heterocycles. The molecule has 0 aromatic carbocycles. The third-order valence-electron chi connectivity index (χ3n) is 5.05. The van der Waals surface area contributed by atoms with Crippen LogP contribution in [0.25, 0.3) is 0 Å². The Morgan fingerprint density at radius 3 is 2.29 bits per heavy atom. The first-order valence-electron chi connectivity index (χ1n) is 8.66. The van der Waals surface area contributed by atoms with E-state index in [-0.39, 0.29) is 17.2 Å². The molecular weight excluding hydrogens is 264 g/mol. The van der Waals surface area contributed by atoms with E-state index in [1.807, 2.05) is 5.01 Å². The molecular formula is C17H30N2O2. The van der Waals surface area contributed by atoms with E-state index in [0.717, 1.165) is 58.0 Å². The van der Waals surface area contributed by atoms with Crippen molar-refractivity contribution in [3.8, 4) is 0 Å².